The molecule has 1 aromatic heterocycles. The normalized spacial score (nSPS) is 12.1. The zero-order valence-corrected chi connectivity index (χ0v) is 22.2. The molecule has 0 aliphatic rings. The van der Waals surface area contributed by atoms with Crippen LogP contribution in [-0.4, -0.2) is 53.0 Å². The predicted molar refractivity (Wildman–Crippen MR) is 146 cm³/mol. The summed E-state index contributed by atoms with van der Waals surface area (Å²) in [5.41, 5.74) is 2.58. The van der Waals surface area contributed by atoms with Crippen molar-refractivity contribution in [2.75, 3.05) is 26.8 Å². The first-order valence-electron chi connectivity index (χ1n) is 12.8. The molecule has 1 amide bonds. The number of ether oxygens (including phenoxy) is 1. The van der Waals surface area contributed by atoms with Crippen LogP contribution in [-0.2, 0) is 16.3 Å². The van der Waals surface area contributed by atoms with Crippen molar-refractivity contribution in [1.82, 2.24) is 9.47 Å². The fourth-order valence-corrected chi connectivity index (χ4v) is 3.93. The lowest BCUT2D eigenvalue weighted by atomic mass is 10.1. The van der Waals surface area contributed by atoms with Crippen LogP contribution in [0.25, 0.3) is 10.9 Å². The van der Waals surface area contributed by atoms with Gasteiger partial charge in [-0.2, -0.15) is 0 Å². The van der Waals surface area contributed by atoms with Gasteiger partial charge in [-0.15, -0.1) is 10.2 Å². The Morgan fingerprint density at radius 2 is 1.70 bits per heavy atom. The van der Waals surface area contributed by atoms with E-state index in [1.807, 2.05) is 53.1 Å². The van der Waals surface area contributed by atoms with E-state index in [9.17, 15) is 9.90 Å². The Morgan fingerprint density at radius 1 is 1.03 bits per heavy atom. The molecular weight excluding hydrogens is 470 g/mol. The van der Waals surface area contributed by atoms with E-state index in [0.717, 1.165) is 61.0 Å². The van der Waals surface area contributed by atoms with Crippen LogP contribution in [0.4, 0.5) is 5.69 Å². The van der Waals surface area contributed by atoms with Gasteiger partial charge in [-0.1, -0.05) is 50.0 Å². The Kier molecular flexibility index (Phi) is 10.6. The van der Waals surface area contributed by atoms with E-state index < -0.39 is 5.91 Å². The largest absolute Gasteiger partial charge is 0.497 e. The topological polar surface area (TPSA) is 101 Å². The van der Waals surface area contributed by atoms with Crippen molar-refractivity contribution >= 4 is 28.2 Å². The second-order valence-electron chi connectivity index (χ2n) is 8.86. The lowest BCUT2D eigenvalue weighted by molar-refractivity contribution is -0.122. The van der Waals surface area contributed by atoms with E-state index in [4.69, 9.17) is 9.57 Å². The van der Waals surface area contributed by atoms with Crippen LogP contribution in [0.5, 0.6) is 11.6 Å². The fraction of sp³-hybridized carbons (Fsp3) is 0.429. The van der Waals surface area contributed by atoms with Crippen LogP contribution >= 0.6 is 0 Å². The summed E-state index contributed by atoms with van der Waals surface area (Å²) in [4.78, 5) is 19.8. The summed E-state index contributed by atoms with van der Waals surface area (Å²) in [5.74, 6) is 0.132. The second-order valence-corrected chi connectivity index (χ2v) is 8.86. The van der Waals surface area contributed by atoms with Crippen molar-refractivity contribution in [3.63, 3.8) is 0 Å². The maximum Gasteiger partial charge on any atom is 0.304 e. The van der Waals surface area contributed by atoms with E-state index in [-0.39, 0.29) is 18.2 Å². The van der Waals surface area contributed by atoms with Gasteiger partial charge in [-0.3, -0.25) is 14.3 Å². The summed E-state index contributed by atoms with van der Waals surface area (Å²) in [6.45, 7) is 8.20. The summed E-state index contributed by atoms with van der Waals surface area (Å²) in [6, 6.07) is 15.0. The van der Waals surface area contributed by atoms with Crippen molar-refractivity contribution in [1.29, 1.82) is 0 Å². The van der Waals surface area contributed by atoms with Crippen LogP contribution in [0.2, 0.25) is 0 Å². The van der Waals surface area contributed by atoms with Gasteiger partial charge in [0.25, 0.3) is 0 Å². The monoisotopic (exact) mass is 507 g/mol. The summed E-state index contributed by atoms with van der Waals surface area (Å²) >= 11 is 0. The number of aromatic hydroxyl groups is 1. The number of amides is 1. The molecule has 0 aliphatic heterocycles. The van der Waals surface area contributed by atoms with Crippen LogP contribution in [0, 0.1) is 0 Å². The van der Waals surface area contributed by atoms with Crippen molar-refractivity contribution in [3.8, 4) is 11.6 Å². The summed E-state index contributed by atoms with van der Waals surface area (Å²) in [6.07, 6.45) is 4.39. The molecule has 3 aromatic rings. The van der Waals surface area contributed by atoms with Gasteiger partial charge in [-0.25, -0.2) is 0 Å². The number of methoxy groups -OCH3 is 1. The SMILES string of the molecule is CCCCN(CCCC)Cn1c(O)c(N=NC(=O)CON=C(C)c2ccc(OC)cc2)c2ccccc21. The third-order valence-electron chi connectivity index (χ3n) is 6.07. The number of para-hydroxylation sites is 1. The Balaban J connectivity index is 1.71. The Morgan fingerprint density at radius 3 is 2.35 bits per heavy atom. The number of carbonyl (C=O) groups excluding carboxylic acids is 1. The average molecular weight is 508 g/mol. The number of aromatic nitrogens is 1. The number of benzene rings is 2. The zero-order chi connectivity index (χ0) is 26.6. The molecule has 198 valence electrons. The lowest BCUT2D eigenvalue weighted by Gasteiger charge is -2.23. The molecule has 0 spiro atoms. The van der Waals surface area contributed by atoms with Crippen molar-refractivity contribution in [3.05, 3.63) is 54.1 Å². The van der Waals surface area contributed by atoms with E-state index in [1.54, 1.807) is 14.0 Å². The van der Waals surface area contributed by atoms with E-state index >= 15 is 0 Å². The van der Waals surface area contributed by atoms with Crippen LogP contribution < -0.4 is 4.74 Å². The summed E-state index contributed by atoms with van der Waals surface area (Å²) in [7, 11) is 1.60. The molecule has 2 aromatic carbocycles. The molecule has 9 nitrogen and oxygen atoms in total. The highest BCUT2D eigenvalue weighted by molar-refractivity contribution is 5.98. The number of hydrogen-bond donors (Lipinski definition) is 1. The number of fused-ring (bicyclic) bond motifs is 1. The van der Waals surface area contributed by atoms with Crippen LogP contribution in [0.15, 0.2) is 63.9 Å². The number of oxime groups is 1. The molecule has 0 unspecified atom stereocenters. The number of rotatable bonds is 14. The average Bonchev–Trinajstić information content (AvgIpc) is 3.19. The first-order valence-corrected chi connectivity index (χ1v) is 12.8. The number of azo groups is 1. The first kappa shape index (κ1) is 27.9. The molecule has 0 atom stereocenters. The predicted octanol–water partition coefficient (Wildman–Crippen LogP) is 6.27. The highest BCUT2D eigenvalue weighted by Crippen LogP contribution is 2.39. The highest BCUT2D eigenvalue weighted by atomic mass is 16.6. The Hall–Kier alpha value is -3.72. The van der Waals surface area contributed by atoms with Gasteiger partial charge in [-0.05, 0) is 68.8 Å². The van der Waals surface area contributed by atoms with E-state index in [1.165, 1.54) is 0 Å². The van der Waals surface area contributed by atoms with E-state index in [0.29, 0.717) is 12.4 Å². The van der Waals surface area contributed by atoms with Crippen molar-refractivity contribution < 1.29 is 19.5 Å². The molecule has 0 bridgehead atoms. The standard InChI is InChI=1S/C28H37N5O4/c1-5-7-17-32(18-8-6-2)20-33-25-12-10-9-11-24(25)27(28(33)35)30-29-26(34)19-37-31-21(3)22-13-15-23(36-4)16-14-22/h9-16,35H,5-8,17-20H2,1-4H3. The van der Waals surface area contributed by atoms with Gasteiger partial charge in [0, 0.05) is 5.39 Å². The minimum Gasteiger partial charge on any atom is -0.497 e. The Labute approximate surface area is 218 Å². The fourth-order valence-electron chi connectivity index (χ4n) is 3.93. The van der Waals surface area contributed by atoms with Crippen molar-refractivity contribution in [2.45, 2.75) is 53.1 Å². The molecule has 9 heteroatoms. The zero-order valence-electron chi connectivity index (χ0n) is 22.2. The molecule has 1 heterocycles. The van der Waals surface area contributed by atoms with Gasteiger partial charge in [0.1, 0.15) is 5.75 Å². The third-order valence-corrected chi connectivity index (χ3v) is 6.07. The molecule has 0 saturated heterocycles. The molecule has 0 saturated carbocycles. The Bertz CT molecular complexity index is 1210. The maximum absolute atomic E-state index is 12.3. The van der Waals surface area contributed by atoms with Gasteiger partial charge in [0.05, 0.1) is 25.0 Å². The van der Waals surface area contributed by atoms with E-state index in [2.05, 4.69) is 34.1 Å². The van der Waals surface area contributed by atoms with Gasteiger partial charge in [0.15, 0.2) is 12.3 Å². The van der Waals surface area contributed by atoms with Gasteiger partial charge < -0.3 is 14.7 Å². The molecule has 3 rings (SSSR count). The number of hydrogen-bond acceptors (Lipinski definition) is 7. The summed E-state index contributed by atoms with van der Waals surface area (Å²) < 4.78 is 6.98. The molecule has 0 radical (unpaired) electrons. The quantitative estimate of drug-likeness (QED) is 0.157. The van der Waals surface area contributed by atoms with Gasteiger partial charge in [0.2, 0.25) is 5.88 Å². The number of nitrogens with zero attached hydrogens (tertiary/aromatic N) is 5. The van der Waals surface area contributed by atoms with Crippen LogP contribution in [0.3, 0.4) is 0 Å². The minimum absolute atomic E-state index is 0.00923. The highest BCUT2D eigenvalue weighted by Gasteiger charge is 2.18. The molecular formula is C28H37N5O4. The smallest absolute Gasteiger partial charge is 0.304 e. The maximum atomic E-state index is 12.3. The first-order chi connectivity index (χ1) is 18.0. The molecule has 0 aliphatic carbocycles. The number of carbonyl (C=O) groups is 1. The molecule has 1 N–H and O–H groups in total. The molecule has 37 heavy (non-hydrogen) atoms. The number of unbranched alkanes of at least 4 members (excludes halogenated alkanes) is 2. The van der Waals surface area contributed by atoms with Gasteiger partial charge >= 0.3 is 5.91 Å². The van der Waals surface area contributed by atoms with Crippen LogP contribution in [0.1, 0.15) is 52.0 Å². The van der Waals surface area contributed by atoms with Crippen molar-refractivity contribution in [2.24, 2.45) is 15.4 Å². The lowest BCUT2D eigenvalue weighted by Crippen LogP contribution is -2.28. The summed E-state index contributed by atoms with van der Waals surface area (Å²) in [5, 5.41) is 23.7. The second kappa shape index (κ2) is 14.1. The third kappa shape index (κ3) is 7.63. The minimum atomic E-state index is -0.602. The molecule has 0 fully saturated rings.